The highest BCUT2D eigenvalue weighted by Gasteiger charge is 2.31. The van der Waals surface area contributed by atoms with E-state index in [4.69, 9.17) is 15.0 Å². The molecule has 1 aromatic heterocycles. The predicted octanol–water partition coefficient (Wildman–Crippen LogP) is 1.06. The Labute approximate surface area is 477 Å². The lowest BCUT2D eigenvalue weighted by Crippen LogP contribution is -2.53. The van der Waals surface area contributed by atoms with Crippen molar-refractivity contribution < 1.29 is 101 Å². The number of hydrogen-bond donors (Lipinski definition) is 12. The second-order valence-corrected chi connectivity index (χ2v) is 19.6. The second kappa shape index (κ2) is 32.6. The molecule has 0 aliphatic heterocycles. The third kappa shape index (κ3) is 24.5. The van der Waals surface area contributed by atoms with Crippen LogP contribution in [0.5, 0.6) is 0 Å². The average Bonchev–Trinajstić information content (AvgIpc) is 3.60. The van der Waals surface area contributed by atoms with Crippen molar-refractivity contribution in [2.75, 3.05) is 27.7 Å². The number of rotatable bonds is 31. The van der Waals surface area contributed by atoms with Crippen LogP contribution in [0.2, 0.25) is 0 Å². The lowest BCUT2D eigenvalue weighted by atomic mass is 10.0. The van der Waals surface area contributed by atoms with Crippen molar-refractivity contribution >= 4 is 88.0 Å². The van der Waals surface area contributed by atoms with Crippen LogP contribution in [0.25, 0.3) is 10.8 Å². The van der Waals surface area contributed by atoms with E-state index in [1.54, 1.807) is 6.07 Å². The summed E-state index contributed by atoms with van der Waals surface area (Å²) in [5.74, 6) is -12.8. The predicted molar refractivity (Wildman–Crippen MR) is 287 cm³/mol. The largest absolute Gasteiger partial charge is 0.542 e. The monoisotopic (exact) mass is 1180 g/mol. The Morgan fingerprint density at radius 3 is 1.52 bits per heavy atom. The second-order valence-electron chi connectivity index (χ2n) is 19.6. The molecule has 0 spiro atoms. The van der Waals surface area contributed by atoms with Crippen LogP contribution in [-0.4, -0.2) is 166 Å². The van der Waals surface area contributed by atoms with Gasteiger partial charge >= 0.3 is 42.1 Å². The summed E-state index contributed by atoms with van der Waals surface area (Å²) < 4.78 is 31.9. The number of pyridine rings is 1. The van der Waals surface area contributed by atoms with Crippen molar-refractivity contribution in [1.29, 1.82) is 0 Å². The number of unbranched alkanes of at least 4 members (excludes halogenated alkanes) is 1. The van der Waals surface area contributed by atoms with Crippen LogP contribution in [0.3, 0.4) is 0 Å². The number of nitrogens with zero attached hydrogens (tertiary/aromatic N) is 2. The molecule has 4 rings (SSSR count). The van der Waals surface area contributed by atoms with E-state index < -0.39 is 133 Å². The van der Waals surface area contributed by atoms with E-state index >= 15 is 0 Å². The minimum Gasteiger partial charge on any atom is -0.542 e. The Morgan fingerprint density at radius 1 is 0.536 bits per heavy atom. The number of aromatic nitrogens is 1. The average molecular weight is 1180 g/mol. The summed E-state index contributed by atoms with van der Waals surface area (Å²) >= 11 is 0. The van der Waals surface area contributed by atoms with Crippen molar-refractivity contribution in [3.63, 3.8) is 0 Å². The molecule has 5 atom stereocenters. The van der Waals surface area contributed by atoms with Crippen LogP contribution in [0.15, 0.2) is 85.1 Å². The molecular weight excluding hydrogens is 1120 g/mol. The van der Waals surface area contributed by atoms with Crippen LogP contribution in [0, 0.1) is 0 Å². The van der Waals surface area contributed by atoms with Gasteiger partial charge in [-0.1, -0.05) is 54.6 Å². The number of quaternary nitrogens is 1. The van der Waals surface area contributed by atoms with Gasteiger partial charge in [0.1, 0.15) is 36.2 Å². The molecule has 0 unspecified atom stereocenters. The molecule has 84 heavy (non-hydrogen) atoms. The minimum atomic E-state index is -5.19. The molecule has 0 aliphatic carbocycles. The molecule has 1 heterocycles. The zero-order valence-electron chi connectivity index (χ0n) is 45.5. The summed E-state index contributed by atoms with van der Waals surface area (Å²) in [7, 11) is 5.61. The first kappa shape index (κ1) is 68.5. The summed E-state index contributed by atoms with van der Waals surface area (Å²) in [5, 5.41) is 74.5. The van der Waals surface area contributed by atoms with E-state index in [9.17, 15) is 86.3 Å². The fourth-order valence-electron chi connectivity index (χ4n) is 7.59. The summed E-state index contributed by atoms with van der Waals surface area (Å²) in [5.41, 5.74) is 1.40. The maximum atomic E-state index is 13.7. The fourth-order valence-corrected chi connectivity index (χ4v) is 7.59. The highest BCUT2D eigenvalue weighted by Crippen LogP contribution is 2.19. The van der Waals surface area contributed by atoms with Crippen molar-refractivity contribution in [2.24, 2.45) is 0 Å². The first-order chi connectivity index (χ1) is 39.3. The lowest BCUT2D eigenvalue weighted by Gasteiger charge is -2.23. The van der Waals surface area contributed by atoms with E-state index in [2.05, 4.69) is 42.2 Å². The molecule has 0 fully saturated rings. The molecule has 27 nitrogen and oxygen atoms in total. The quantitative estimate of drug-likeness (QED) is 0.0247. The number of hydrogen-bond acceptors (Lipinski definition) is 14. The van der Waals surface area contributed by atoms with Crippen LogP contribution in [0.1, 0.15) is 89.6 Å². The minimum absolute atomic E-state index is 0.0330. The van der Waals surface area contributed by atoms with E-state index in [1.165, 1.54) is 36.5 Å². The third-order valence-corrected chi connectivity index (χ3v) is 12.1. The van der Waals surface area contributed by atoms with E-state index in [0.717, 1.165) is 10.8 Å². The molecule has 7 amide bonds. The molecule has 4 aromatic rings. The topological polar surface area (TPSA) is 426 Å². The number of fused-ring (bicyclic) bond motifs is 1. The number of carbonyl (C=O) groups excluding carboxylic acids is 7. The zero-order valence-corrected chi connectivity index (χ0v) is 45.5. The smallest absolute Gasteiger partial charge is 0.430 e. The zero-order chi connectivity index (χ0) is 62.9. The van der Waals surface area contributed by atoms with Gasteiger partial charge in [0.05, 0.1) is 26.7 Å². The van der Waals surface area contributed by atoms with Gasteiger partial charge in [0.25, 0.3) is 11.8 Å². The summed E-state index contributed by atoms with van der Waals surface area (Å²) in [6.45, 7) is -0.121. The highest BCUT2D eigenvalue weighted by atomic mass is 19.4. The van der Waals surface area contributed by atoms with Crippen molar-refractivity contribution in [2.45, 2.75) is 107 Å². The van der Waals surface area contributed by atoms with Crippen molar-refractivity contribution in [1.82, 2.24) is 46.7 Å². The first-order valence-corrected chi connectivity index (χ1v) is 25.6. The van der Waals surface area contributed by atoms with Gasteiger partial charge in [-0.15, -0.1) is 0 Å². The van der Waals surface area contributed by atoms with Gasteiger partial charge in [-0.05, 0) is 78.6 Å². The number of carboxylic acids is 6. The van der Waals surface area contributed by atoms with E-state index in [-0.39, 0.29) is 62.7 Å². The molecule has 0 bridgehead atoms. The number of halogens is 3. The normalized spacial score (nSPS) is 12.9. The Bertz CT molecular complexity index is 3010. The van der Waals surface area contributed by atoms with E-state index in [1.807, 2.05) is 63.6 Å². The summed E-state index contributed by atoms with van der Waals surface area (Å²) in [4.78, 5) is 150. The van der Waals surface area contributed by atoms with Crippen LogP contribution in [-0.2, 0) is 56.1 Å². The van der Waals surface area contributed by atoms with Gasteiger partial charge in [0.2, 0.25) is 23.5 Å². The number of nitrogens with one attached hydrogen (secondary N) is 7. The highest BCUT2D eigenvalue weighted by molar-refractivity contribution is 5.99. The maximum absolute atomic E-state index is 13.7. The number of alkyl halides is 3. The standard InChI is InChI=1S/C52H63N9O16.C2HF3O2/c1-61(2,3)41-21-17-35(29-54-41)46(69)56-37(19-23-43(64)65)49(72)57-36(18-22-42(62)63)47(70)55-28-30-11-15-33(16-12-30)45(68)58-40(27-31-13-14-32-8-4-5-9-34(32)26-31)48(71)53-25-7-6-10-38(50(73)74)59-52(77)60-39(51(75)76)20-24-44(66)67;3-2(4,5)1(6)7/h4-5,8-9,11-17,21,26,29,36-40H,6-7,10,18-20,22-25,27-28H2,1-3H3,(H11-,53,55,56,57,58,59,60,62,63,64,65,66,67,68,69,70,71,72,73,74,75,76,77);(H,6,7)/t36-,37-,38-,39-,40-;/m0./s1. The molecule has 0 saturated carbocycles. The first-order valence-electron chi connectivity index (χ1n) is 25.6. The molecule has 30 heteroatoms. The summed E-state index contributed by atoms with van der Waals surface area (Å²) in [6.07, 6.45) is -6.32. The molecule has 3 aromatic carbocycles. The molecule has 12 N–H and O–H groups in total. The molecule has 0 saturated heterocycles. The van der Waals surface area contributed by atoms with Gasteiger partial charge in [-0.2, -0.15) is 13.2 Å². The van der Waals surface area contributed by atoms with Gasteiger partial charge < -0.3 is 72.7 Å². The third-order valence-electron chi connectivity index (χ3n) is 12.1. The van der Waals surface area contributed by atoms with Crippen molar-refractivity contribution in [3.05, 3.63) is 107 Å². The van der Waals surface area contributed by atoms with Gasteiger partial charge in [0.15, 0.2) is 0 Å². The molecular formula is C54H64F3N9O18. The Hall–Kier alpha value is -9.74. The number of benzene rings is 3. The maximum Gasteiger partial charge on any atom is 0.430 e. The molecule has 454 valence electrons. The SMILES string of the molecule is C[N+](C)(C)c1ccc(C(=O)N[C@@H](CCC(=O)O)C(=O)N[C@@H](CCC(=O)O)C(=O)NCc2ccc(C(=O)N[C@@H](Cc3ccc4ccccc4c3)C(=O)NCCCC[C@H](NC(=O)N[C@@H](CCC(=O)O)C(=O)O)C(=O)O)cc2)cn1.O=C([O-])C(F)(F)F. The Morgan fingerprint density at radius 2 is 1.01 bits per heavy atom. The molecule has 0 aliphatic rings. The van der Waals surface area contributed by atoms with Crippen LogP contribution in [0.4, 0.5) is 23.8 Å². The number of urea groups is 1. The fraction of sp³-hybridized carbons (Fsp3) is 0.389. The van der Waals surface area contributed by atoms with E-state index in [0.29, 0.717) is 21.4 Å². The summed E-state index contributed by atoms with van der Waals surface area (Å²) in [6, 6.07) is 14.0. The Kier molecular flexibility index (Phi) is 26.6. The van der Waals surface area contributed by atoms with Gasteiger partial charge in [-0.3, -0.25) is 42.8 Å². The Balaban J connectivity index is 0.00000247. The van der Waals surface area contributed by atoms with Gasteiger partial charge in [-0.25, -0.2) is 19.4 Å². The van der Waals surface area contributed by atoms with Crippen molar-refractivity contribution in [3.8, 4) is 0 Å². The number of aliphatic carboxylic acids is 6. The number of carbonyl (C=O) groups is 12. The molecule has 0 radical (unpaired) electrons. The van der Waals surface area contributed by atoms with Crippen LogP contribution >= 0.6 is 0 Å². The number of carboxylic acid groups (broad SMARTS) is 6. The lowest BCUT2D eigenvalue weighted by molar-refractivity contribution is -0.344. The van der Waals surface area contributed by atoms with Crippen LogP contribution < -0.4 is 46.8 Å². The number of amides is 7. The van der Waals surface area contributed by atoms with Gasteiger partial charge in [0, 0.05) is 56.6 Å².